The first kappa shape index (κ1) is 75.6. The molecule has 3 N–H and O–H groups in total. The van der Waals surface area contributed by atoms with Gasteiger partial charge in [-0.05, 0) is 47.6 Å². The SMILES string of the molecule is [2H]P([B][3H])SOC[C@@H](COCC[C@@H](CCCCCCC)OC(=O)CCCCCCCCCCC)NS(=O)(=O)CCCCCCCCCCCC.[2H]P([B][3H])SOC[C@H](N)COCC[C@@H](CCCCCCC)OC(=O)CCCCCCCCCCC. The third-order valence-electron chi connectivity index (χ3n) is 14.5. The molecule has 0 aliphatic heterocycles. The minimum absolute atomic E-state index is 0.0437. The lowest BCUT2D eigenvalue weighted by atomic mass is 10.1. The van der Waals surface area contributed by atoms with E-state index in [0.717, 1.165) is 115 Å². The fourth-order valence-electron chi connectivity index (χ4n) is 9.56. The van der Waals surface area contributed by atoms with Gasteiger partial charge in [0, 0.05) is 49.0 Å². The smallest absolute Gasteiger partial charge is 0.306 e. The van der Waals surface area contributed by atoms with Gasteiger partial charge >= 0.3 is 11.9 Å². The first-order valence-electron chi connectivity index (χ1n) is 35.2. The molecule has 0 aromatic heterocycles. The number of sulfonamides is 1. The number of carbonyl (C=O) groups is 2. The molecule has 0 aliphatic rings. The van der Waals surface area contributed by atoms with Crippen LogP contribution < -0.4 is 10.5 Å². The molecule has 6 atom stereocenters. The average molecular weight is 1250 g/mol. The van der Waals surface area contributed by atoms with Crippen molar-refractivity contribution in [2.75, 3.05) is 45.4 Å². The highest BCUT2D eigenvalue weighted by Gasteiger charge is 2.21. The molecule has 0 bridgehead atoms. The number of ether oxygens (including phenoxy) is 4. The largest absolute Gasteiger partial charge is 0.462 e. The van der Waals surface area contributed by atoms with Crippen LogP contribution in [-0.4, -0.2) is 110 Å². The van der Waals surface area contributed by atoms with Gasteiger partial charge in [0.05, 0.1) is 60.0 Å². The van der Waals surface area contributed by atoms with Crippen molar-refractivity contribution >= 4 is 75.6 Å². The zero-order valence-corrected chi connectivity index (χ0v) is 57.0. The quantitative estimate of drug-likeness (QED) is 0.0195. The van der Waals surface area contributed by atoms with Crippen molar-refractivity contribution in [3.05, 3.63) is 0 Å². The normalized spacial score (nSPS) is 14.5. The lowest BCUT2D eigenvalue weighted by Crippen LogP contribution is -2.42. The molecule has 0 saturated carbocycles. The predicted molar refractivity (Wildman–Crippen MR) is 360 cm³/mol. The van der Waals surface area contributed by atoms with Crippen LogP contribution in [0.25, 0.3) is 0 Å². The number of nitrogens with one attached hydrogen (secondary N) is 1. The van der Waals surface area contributed by atoms with Crippen LogP contribution in [0.1, 0.15) is 317 Å². The van der Waals surface area contributed by atoms with Crippen LogP contribution in [0.2, 0.25) is 0 Å². The number of carbonyl (C=O) groups excluding carboxylic acids is 2. The molecule has 0 amide bonds. The molecule has 12 nitrogen and oxygen atoms in total. The zero-order valence-electron chi connectivity index (χ0n) is 56.8. The van der Waals surface area contributed by atoms with Gasteiger partial charge in [0.15, 0.2) is 0 Å². The molecule has 480 valence electrons. The molecule has 2 unspecified atom stereocenters. The van der Waals surface area contributed by atoms with Crippen LogP contribution in [-0.2, 0) is 46.9 Å². The Morgan fingerprint density at radius 3 is 1.20 bits per heavy atom. The van der Waals surface area contributed by atoms with E-state index < -0.39 is 31.3 Å². The fraction of sp³-hybridized carbons (Fsp3) is 0.968. The number of unbranched alkanes of at least 4 members (excludes halogenated alkanes) is 33. The lowest BCUT2D eigenvalue weighted by molar-refractivity contribution is -0.151. The van der Waals surface area contributed by atoms with Crippen LogP contribution in [0.4, 0.5) is 0 Å². The summed E-state index contributed by atoms with van der Waals surface area (Å²) < 4.78 is 92.3. The van der Waals surface area contributed by atoms with Gasteiger partial charge in [0.1, 0.15) is 27.3 Å². The second-order valence-corrected chi connectivity index (χ2v) is 27.7. The van der Waals surface area contributed by atoms with Crippen LogP contribution >= 0.6 is 38.5 Å². The van der Waals surface area contributed by atoms with Crippen molar-refractivity contribution in [3.8, 4) is 0 Å². The molecule has 0 heterocycles. The minimum atomic E-state index is -3.53. The highest BCUT2D eigenvalue weighted by atomic mass is 32.7. The number of rotatable bonds is 67. The summed E-state index contributed by atoms with van der Waals surface area (Å²) in [7, 11) is -4.25. The molecule has 0 rings (SSSR count). The lowest BCUT2D eigenvalue weighted by Gasteiger charge is -2.21. The summed E-state index contributed by atoms with van der Waals surface area (Å²) in [6.07, 6.45) is 48.6. The molecule has 19 heteroatoms. The van der Waals surface area contributed by atoms with Gasteiger partial charge in [0.25, 0.3) is 0 Å². The van der Waals surface area contributed by atoms with Gasteiger partial charge < -0.3 is 33.0 Å². The molecule has 2 radical (unpaired) electrons. The number of hydrogen-bond donors (Lipinski definition) is 2. The highest BCUT2D eigenvalue weighted by Crippen LogP contribution is 2.25. The summed E-state index contributed by atoms with van der Waals surface area (Å²) in [5.74, 6) is -0.146. The number of nitrogens with two attached hydrogens (primary N) is 1. The van der Waals surface area contributed by atoms with E-state index in [4.69, 9.17) is 38.3 Å². The van der Waals surface area contributed by atoms with Gasteiger partial charge in [-0.15, -0.1) is 0 Å². The Labute approximate surface area is 520 Å². The number of hydrogen-bond acceptors (Lipinski definition) is 13. The van der Waals surface area contributed by atoms with E-state index in [9.17, 15) is 18.0 Å². The topological polar surface area (TPSA) is 162 Å². The van der Waals surface area contributed by atoms with E-state index in [1.165, 1.54) is 173 Å². The second-order valence-electron chi connectivity index (χ2n) is 22.5. The molecular weight excluding hydrogens is 1110 g/mol. The monoisotopic (exact) mass is 1250 g/mol. The Morgan fingerprint density at radius 2 is 0.815 bits per heavy atom. The Hall–Kier alpha value is 0.340. The second kappa shape index (κ2) is 67.8. The maximum absolute atomic E-state index is 12.9. The zero-order chi connectivity index (χ0) is 63.0. The molecule has 0 fully saturated rings. The molecule has 81 heavy (non-hydrogen) atoms. The summed E-state index contributed by atoms with van der Waals surface area (Å²) in [6, 6.07) is -0.884. The number of esters is 2. The summed E-state index contributed by atoms with van der Waals surface area (Å²) >= 11 is 1.87. The van der Waals surface area contributed by atoms with Crippen molar-refractivity contribution in [2.45, 2.75) is 341 Å². The Balaban J connectivity index is 0. The third-order valence-corrected chi connectivity index (χ3v) is 17.8. The molecular formula is C62H128B2N2O10P2S3. The van der Waals surface area contributed by atoms with E-state index in [1.54, 1.807) is 0 Å². The van der Waals surface area contributed by atoms with Crippen LogP contribution in [0, 0.1) is 0 Å². The summed E-state index contributed by atoms with van der Waals surface area (Å²) in [4.78, 5) is 25.1. The molecule has 0 saturated heterocycles. The summed E-state index contributed by atoms with van der Waals surface area (Å²) in [5.41, 5.74) is 5.99. The Morgan fingerprint density at radius 1 is 0.481 bits per heavy atom. The van der Waals surface area contributed by atoms with Crippen LogP contribution in [0.15, 0.2) is 0 Å². The van der Waals surface area contributed by atoms with Crippen molar-refractivity contribution in [2.24, 2.45) is 5.73 Å². The van der Waals surface area contributed by atoms with E-state index in [2.05, 4.69) is 39.3 Å². The standard InChI is InChI=1S/C37H76BNO6PS2.C25H52BNO4PS/c1-4-7-10-13-15-17-19-21-24-27-32-48(41,42)39-35(34-44-47-46-38)33-43-31-30-36(28-25-22-12-9-6-3)45-37(40)29-26-23-20-18-16-14-11-8-5-2;1-3-5-7-9-10-11-12-14-16-18-25(28)31-24(17-15-13-8-6-4-2)19-20-29-21-23(27)22-30-33-32-26/h35-36,38-39,46H,4-34H2,1-3H3;23-24,26,32H,3-22,27H2,1-2H3/t35-,36-,46?;23-,24-,32?/m11/s1/i38T,46D;26T,32D. The first-order valence-corrected chi connectivity index (χ1v) is 39.5. The van der Waals surface area contributed by atoms with Gasteiger partial charge in [-0.3, -0.25) is 9.59 Å². The third kappa shape index (κ3) is 66.1. The van der Waals surface area contributed by atoms with E-state index >= 15 is 0 Å². The van der Waals surface area contributed by atoms with E-state index in [-0.39, 0.29) is 55.8 Å². The summed E-state index contributed by atoms with van der Waals surface area (Å²) in [5, 5.41) is 0. The van der Waals surface area contributed by atoms with E-state index in [0.29, 0.717) is 51.9 Å². The first-order chi connectivity index (χ1) is 41.3. The van der Waals surface area contributed by atoms with Gasteiger partial charge in [-0.2, -0.15) is 0 Å². The van der Waals surface area contributed by atoms with Crippen LogP contribution in [0.5, 0.6) is 0 Å². The molecule has 0 aromatic carbocycles. The van der Waals surface area contributed by atoms with E-state index in [1.807, 2.05) is 0 Å². The Bertz CT molecular complexity index is 1530. The van der Waals surface area contributed by atoms with Crippen molar-refractivity contribution in [1.82, 2.24) is 4.72 Å². The van der Waals surface area contributed by atoms with Gasteiger partial charge in [0.2, 0.25) is 10.0 Å². The maximum atomic E-state index is 12.9. The average Bonchev–Trinajstić information content (AvgIpc) is 3.60. The van der Waals surface area contributed by atoms with Gasteiger partial charge in [-0.1, -0.05) is 262 Å². The van der Waals surface area contributed by atoms with Crippen molar-refractivity contribution < 1.29 is 45.3 Å². The maximum Gasteiger partial charge on any atom is 0.306 e. The molecule has 0 aliphatic carbocycles. The van der Waals surface area contributed by atoms with Crippen LogP contribution in [0.3, 0.4) is 0 Å². The van der Waals surface area contributed by atoms with Gasteiger partial charge in [-0.25, -0.2) is 13.1 Å². The van der Waals surface area contributed by atoms with Crippen molar-refractivity contribution in [1.29, 1.82) is 5.23 Å². The highest BCUT2D eigenvalue weighted by molar-refractivity contribution is 8.53. The van der Waals surface area contributed by atoms with Crippen molar-refractivity contribution in [3.63, 3.8) is 0 Å². The minimum Gasteiger partial charge on any atom is -0.462 e. The molecule has 0 spiro atoms. The summed E-state index contributed by atoms with van der Waals surface area (Å²) in [6.45, 7) is 12.8. The Kier molecular flexibility index (Phi) is 63.3. The fourth-order valence-corrected chi connectivity index (χ4v) is 12.2. The molecule has 0 aromatic rings. The predicted octanol–water partition coefficient (Wildman–Crippen LogP) is 17.9.